The zero-order chi connectivity index (χ0) is 21.7. The molecule has 0 aliphatic rings. The first-order valence-electron chi connectivity index (χ1n) is 9.86. The number of nitrogens with zero attached hydrogens (tertiary/aromatic N) is 1. The van der Waals surface area contributed by atoms with Gasteiger partial charge in [-0.3, -0.25) is 9.10 Å². The van der Waals surface area contributed by atoms with Gasteiger partial charge in [0.25, 0.3) is 15.9 Å². The van der Waals surface area contributed by atoms with Crippen molar-refractivity contribution in [2.24, 2.45) is 0 Å². The van der Waals surface area contributed by atoms with Gasteiger partial charge in [-0.15, -0.1) is 0 Å². The van der Waals surface area contributed by atoms with Crippen molar-refractivity contribution in [2.45, 2.75) is 31.2 Å². The molecule has 0 bridgehead atoms. The first kappa shape index (κ1) is 21.6. The van der Waals surface area contributed by atoms with Crippen molar-refractivity contribution in [1.82, 2.24) is 5.32 Å². The fourth-order valence-electron chi connectivity index (χ4n) is 3.14. The summed E-state index contributed by atoms with van der Waals surface area (Å²) in [7, 11) is -2.22. The highest BCUT2D eigenvalue weighted by molar-refractivity contribution is 7.92. The molecule has 3 aromatic rings. The maximum atomic E-state index is 12.9. The number of sulfonamides is 1. The van der Waals surface area contributed by atoms with Crippen molar-refractivity contribution in [2.75, 3.05) is 11.4 Å². The third kappa shape index (κ3) is 4.71. The number of amides is 1. The summed E-state index contributed by atoms with van der Waals surface area (Å²) < 4.78 is 26.9. The second kappa shape index (κ2) is 9.13. The van der Waals surface area contributed by atoms with Gasteiger partial charge in [-0.05, 0) is 54.8 Å². The molecule has 1 N–H and O–H groups in total. The molecule has 0 unspecified atom stereocenters. The van der Waals surface area contributed by atoms with E-state index < -0.39 is 10.0 Å². The Morgan fingerprint density at radius 1 is 0.967 bits per heavy atom. The fraction of sp³-hybridized carbons (Fsp3) is 0.208. The Hall–Kier alpha value is -3.12. The van der Waals surface area contributed by atoms with Crippen LogP contribution < -0.4 is 9.62 Å². The molecule has 6 heteroatoms. The highest BCUT2D eigenvalue weighted by Crippen LogP contribution is 2.23. The molecule has 0 fully saturated rings. The molecule has 1 atom stereocenters. The summed E-state index contributed by atoms with van der Waals surface area (Å²) in [4.78, 5) is 13.0. The van der Waals surface area contributed by atoms with Crippen molar-refractivity contribution in [3.8, 4) is 0 Å². The molecule has 0 heterocycles. The number of hydrogen-bond acceptors (Lipinski definition) is 3. The van der Waals surface area contributed by atoms with Crippen LogP contribution in [0.2, 0.25) is 0 Å². The van der Waals surface area contributed by atoms with E-state index >= 15 is 0 Å². The first-order valence-corrected chi connectivity index (χ1v) is 11.3. The van der Waals surface area contributed by atoms with E-state index in [4.69, 9.17) is 0 Å². The van der Waals surface area contributed by atoms with Crippen LogP contribution in [0.15, 0.2) is 83.8 Å². The molecule has 0 spiro atoms. The van der Waals surface area contributed by atoms with E-state index in [1.807, 2.05) is 19.1 Å². The number of nitrogens with one attached hydrogen (secondary N) is 1. The number of hydrogen-bond donors (Lipinski definition) is 1. The topological polar surface area (TPSA) is 66.5 Å². The molecule has 5 nitrogen and oxygen atoms in total. The van der Waals surface area contributed by atoms with E-state index in [9.17, 15) is 13.2 Å². The lowest BCUT2D eigenvalue weighted by molar-refractivity contribution is 0.0940. The molecule has 0 aromatic heterocycles. The monoisotopic (exact) mass is 422 g/mol. The Bertz CT molecular complexity index is 1110. The molecule has 1 amide bonds. The van der Waals surface area contributed by atoms with E-state index in [0.29, 0.717) is 11.3 Å². The summed E-state index contributed by atoms with van der Waals surface area (Å²) in [6.07, 6.45) is 0.965. The van der Waals surface area contributed by atoms with Crippen LogP contribution in [0.5, 0.6) is 0 Å². The van der Waals surface area contributed by atoms with Crippen molar-refractivity contribution < 1.29 is 13.2 Å². The van der Waals surface area contributed by atoms with Crippen LogP contribution in [0.25, 0.3) is 0 Å². The number of aryl methyl sites for hydroxylation is 1. The number of carbonyl (C=O) groups excluding carboxylic acids is 1. The van der Waals surface area contributed by atoms with Gasteiger partial charge >= 0.3 is 0 Å². The lowest BCUT2D eigenvalue weighted by Crippen LogP contribution is -2.28. The van der Waals surface area contributed by atoms with Crippen LogP contribution in [0.4, 0.5) is 5.69 Å². The normalized spacial score (nSPS) is 12.2. The summed E-state index contributed by atoms with van der Waals surface area (Å²) in [5, 5.41) is 2.98. The average Bonchev–Trinajstić information content (AvgIpc) is 2.79. The van der Waals surface area contributed by atoms with Crippen molar-refractivity contribution in [1.29, 1.82) is 0 Å². The van der Waals surface area contributed by atoms with E-state index in [0.717, 1.165) is 12.0 Å². The minimum atomic E-state index is -3.71. The summed E-state index contributed by atoms with van der Waals surface area (Å²) in [5.41, 5.74) is 3.08. The molecule has 156 valence electrons. The molecule has 30 heavy (non-hydrogen) atoms. The van der Waals surface area contributed by atoms with Crippen molar-refractivity contribution in [3.63, 3.8) is 0 Å². The Morgan fingerprint density at radius 2 is 1.63 bits per heavy atom. The third-order valence-corrected chi connectivity index (χ3v) is 6.91. The number of carbonyl (C=O) groups is 1. The molecule has 0 aliphatic heterocycles. The van der Waals surface area contributed by atoms with Crippen molar-refractivity contribution in [3.05, 3.63) is 95.6 Å². The maximum Gasteiger partial charge on any atom is 0.264 e. The Kier molecular flexibility index (Phi) is 6.57. The molecular weight excluding hydrogens is 396 g/mol. The average molecular weight is 423 g/mol. The smallest absolute Gasteiger partial charge is 0.264 e. The zero-order valence-corrected chi connectivity index (χ0v) is 18.2. The standard InChI is InChI=1S/C24H26N2O3S/c1-4-19-13-15-20(16-14-19)18(2)25-24(27)21-9-8-10-22(17-21)26(3)30(28,29)23-11-6-5-7-12-23/h5-18H,4H2,1-3H3,(H,25,27)/t18-/m1/s1. The molecular formula is C24H26N2O3S. The van der Waals surface area contributed by atoms with E-state index in [-0.39, 0.29) is 16.8 Å². The van der Waals surface area contributed by atoms with Crippen LogP contribution in [0, 0.1) is 0 Å². The Morgan fingerprint density at radius 3 is 2.27 bits per heavy atom. The van der Waals surface area contributed by atoms with Gasteiger partial charge in [0.1, 0.15) is 0 Å². The maximum absolute atomic E-state index is 12.9. The fourth-order valence-corrected chi connectivity index (χ4v) is 4.35. The summed E-state index contributed by atoms with van der Waals surface area (Å²) in [6.45, 7) is 4.02. The zero-order valence-electron chi connectivity index (χ0n) is 17.4. The van der Waals surface area contributed by atoms with Crippen LogP contribution in [-0.2, 0) is 16.4 Å². The van der Waals surface area contributed by atoms with Gasteiger partial charge in [-0.2, -0.15) is 0 Å². The summed E-state index contributed by atoms with van der Waals surface area (Å²) in [6, 6.07) is 22.8. The molecule has 0 radical (unpaired) electrons. The number of benzene rings is 3. The van der Waals surface area contributed by atoms with Gasteiger partial charge in [0.2, 0.25) is 0 Å². The highest BCUT2D eigenvalue weighted by atomic mass is 32.2. The van der Waals surface area contributed by atoms with Crippen LogP contribution in [0.1, 0.15) is 41.4 Å². The molecule has 3 rings (SSSR count). The van der Waals surface area contributed by atoms with E-state index in [1.54, 1.807) is 54.6 Å². The Labute approximate surface area is 178 Å². The predicted molar refractivity (Wildman–Crippen MR) is 120 cm³/mol. The largest absolute Gasteiger partial charge is 0.346 e. The van der Waals surface area contributed by atoms with Gasteiger partial charge in [0, 0.05) is 12.6 Å². The van der Waals surface area contributed by atoms with Crippen LogP contribution in [-0.4, -0.2) is 21.4 Å². The summed E-state index contributed by atoms with van der Waals surface area (Å²) in [5.74, 6) is -0.255. The molecule has 0 saturated carbocycles. The number of rotatable bonds is 7. The molecule has 3 aromatic carbocycles. The van der Waals surface area contributed by atoms with E-state index in [1.165, 1.54) is 16.9 Å². The quantitative estimate of drug-likeness (QED) is 0.607. The predicted octanol–water partition coefficient (Wildman–Crippen LogP) is 4.57. The minimum Gasteiger partial charge on any atom is -0.346 e. The highest BCUT2D eigenvalue weighted by Gasteiger charge is 2.22. The summed E-state index contributed by atoms with van der Waals surface area (Å²) >= 11 is 0. The second-order valence-electron chi connectivity index (χ2n) is 7.13. The van der Waals surface area contributed by atoms with Gasteiger partial charge < -0.3 is 5.32 Å². The minimum absolute atomic E-state index is 0.169. The Balaban J connectivity index is 1.78. The molecule has 0 aliphatic carbocycles. The van der Waals surface area contributed by atoms with Gasteiger partial charge in [-0.1, -0.05) is 55.5 Å². The van der Waals surface area contributed by atoms with Crippen molar-refractivity contribution >= 4 is 21.6 Å². The van der Waals surface area contributed by atoms with Crippen LogP contribution in [0.3, 0.4) is 0 Å². The third-order valence-electron chi connectivity index (χ3n) is 5.11. The van der Waals surface area contributed by atoms with E-state index in [2.05, 4.69) is 24.4 Å². The molecule has 0 saturated heterocycles. The number of anilines is 1. The first-order chi connectivity index (χ1) is 14.3. The lowest BCUT2D eigenvalue weighted by atomic mass is 10.0. The SMILES string of the molecule is CCc1ccc([C@@H](C)NC(=O)c2cccc(N(C)S(=O)(=O)c3ccccc3)c2)cc1. The van der Waals surface area contributed by atoms with Gasteiger partial charge in [-0.25, -0.2) is 8.42 Å². The van der Waals surface area contributed by atoms with Gasteiger partial charge in [0.05, 0.1) is 16.6 Å². The van der Waals surface area contributed by atoms with Crippen LogP contribution >= 0.6 is 0 Å². The van der Waals surface area contributed by atoms with Gasteiger partial charge in [0.15, 0.2) is 0 Å². The second-order valence-corrected chi connectivity index (χ2v) is 9.10. The lowest BCUT2D eigenvalue weighted by Gasteiger charge is -2.20.